The van der Waals surface area contributed by atoms with Crippen LogP contribution in [0, 0.1) is 6.92 Å². The van der Waals surface area contributed by atoms with Gasteiger partial charge in [0.15, 0.2) is 5.96 Å². The highest BCUT2D eigenvalue weighted by molar-refractivity contribution is 14.0. The molecule has 1 aliphatic rings. The molecule has 124 valence electrons. The van der Waals surface area contributed by atoms with E-state index in [0.717, 1.165) is 30.4 Å². The van der Waals surface area contributed by atoms with Crippen LogP contribution in [0.3, 0.4) is 0 Å². The van der Waals surface area contributed by atoms with Gasteiger partial charge in [-0.05, 0) is 45.0 Å². The Morgan fingerprint density at radius 2 is 2.00 bits per heavy atom. The molecule has 1 fully saturated rings. The summed E-state index contributed by atoms with van der Waals surface area (Å²) in [7, 11) is 1.81. The predicted molar refractivity (Wildman–Crippen MR) is 103 cm³/mol. The van der Waals surface area contributed by atoms with Gasteiger partial charge in [0.05, 0.1) is 12.2 Å². The van der Waals surface area contributed by atoms with Gasteiger partial charge in [0.2, 0.25) is 0 Å². The van der Waals surface area contributed by atoms with E-state index in [1.165, 1.54) is 32.4 Å². The van der Waals surface area contributed by atoms with Crippen molar-refractivity contribution >= 4 is 29.9 Å². The number of aryl methyl sites for hydroxylation is 1. The molecule has 0 unspecified atom stereocenters. The molecule has 2 rings (SSSR count). The second-order valence-electron chi connectivity index (χ2n) is 5.53. The monoisotopic (exact) mass is 417 g/mol. The first-order chi connectivity index (χ1) is 10.3. The number of rotatable bonds is 5. The summed E-state index contributed by atoms with van der Waals surface area (Å²) < 4.78 is 0. The van der Waals surface area contributed by atoms with Crippen LogP contribution in [0.2, 0.25) is 0 Å². The van der Waals surface area contributed by atoms with Crippen molar-refractivity contribution in [3.05, 3.63) is 29.6 Å². The molecule has 1 aromatic heterocycles. The second-order valence-corrected chi connectivity index (χ2v) is 5.53. The number of pyridine rings is 1. The molecule has 0 amide bonds. The lowest BCUT2D eigenvalue weighted by atomic mass is 10.1. The summed E-state index contributed by atoms with van der Waals surface area (Å²) in [6.07, 6.45) is 4.06. The van der Waals surface area contributed by atoms with Gasteiger partial charge in [-0.25, -0.2) is 0 Å². The normalized spacial score (nSPS) is 16.0. The van der Waals surface area contributed by atoms with Crippen molar-refractivity contribution in [3.8, 4) is 0 Å². The van der Waals surface area contributed by atoms with E-state index >= 15 is 0 Å². The molecule has 22 heavy (non-hydrogen) atoms. The van der Waals surface area contributed by atoms with Crippen LogP contribution < -0.4 is 10.6 Å². The van der Waals surface area contributed by atoms with Gasteiger partial charge in [-0.3, -0.25) is 9.98 Å². The molecular formula is C16H28IN5. The van der Waals surface area contributed by atoms with Gasteiger partial charge in [-0.2, -0.15) is 0 Å². The molecule has 2 N–H and O–H groups in total. The first kappa shape index (κ1) is 19.2. The quantitative estimate of drug-likeness (QED) is 0.438. The zero-order chi connectivity index (χ0) is 14.9. The first-order valence-electron chi connectivity index (χ1n) is 7.87. The first-order valence-corrected chi connectivity index (χ1v) is 7.87. The summed E-state index contributed by atoms with van der Waals surface area (Å²) in [6, 6.07) is 6.07. The van der Waals surface area contributed by atoms with Crippen molar-refractivity contribution in [2.24, 2.45) is 4.99 Å². The van der Waals surface area contributed by atoms with Crippen molar-refractivity contribution in [2.45, 2.75) is 32.7 Å². The number of guanidine groups is 1. The maximum absolute atomic E-state index is 4.48. The molecule has 1 aromatic rings. The average molecular weight is 417 g/mol. The van der Waals surface area contributed by atoms with E-state index in [9.17, 15) is 0 Å². The number of likely N-dealkylation sites (tertiary alicyclic amines) is 1. The van der Waals surface area contributed by atoms with Crippen LogP contribution in [0.25, 0.3) is 0 Å². The van der Waals surface area contributed by atoms with E-state index < -0.39 is 0 Å². The largest absolute Gasteiger partial charge is 0.355 e. The Bertz CT molecular complexity index is 458. The number of aliphatic imine (C=N–C) groups is 1. The minimum atomic E-state index is 0. The molecule has 0 saturated carbocycles. The van der Waals surface area contributed by atoms with Crippen molar-refractivity contribution in [2.75, 3.05) is 33.2 Å². The molecule has 0 aromatic carbocycles. The predicted octanol–water partition coefficient (Wildman–Crippen LogP) is 2.16. The maximum atomic E-state index is 4.48. The summed E-state index contributed by atoms with van der Waals surface area (Å²) >= 11 is 0. The van der Waals surface area contributed by atoms with Gasteiger partial charge < -0.3 is 15.5 Å². The summed E-state index contributed by atoms with van der Waals surface area (Å²) in [4.78, 5) is 11.3. The fourth-order valence-corrected chi connectivity index (χ4v) is 2.61. The van der Waals surface area contributed by atoms with Gasteiger partial charge in [-0.15, -0.1) is 24.0 Å². The summed E-state index contributed by atoms with van der Waals surface area (Å²) in [5.74, 6) is 0.843. The minimum absolute atomic E-state index is 0. The number of hydrogen-bond acceptors (Lipinski definition) is 3. The number of halogens is 1. The van der Waals surface area contributed by atoms with E-state index in [-0.39, 0.29) is 24.0 Å². The maximum Gasteiger partial charge on any atom is 0.191 e. The van der Waals surface area contributed by atoms with Crippen molar-refractivity contribution in [1.29, 1.82) is 0 Å². The summed E-state index contributed by atoms with van der Waals surface area (Å²) in [5, 5.41) is 6.68. The molecule has 0 spiro atoms. The van der Waals surface area contributed by atoms with Crippen molar-refractivity contribution in [3.63, 3.8) is 0 Å². The number of piperidine rings is 1. The highest BCUT2D eigenvalue weighted by Crippen LogP contribution is 2.07. The highest BCUT2D eigenvalue weighted by Gasteiger charge is 2.09. The smallest absolute Gasteiger partial charge is 0.191 e. The van der Waals surface area contributed by atoms with Gasteiger partial charge in [0.1, 0.15) is 0 Å². The number of hydrogen-bond donors (Lipinski definition) is 2. The molecule has 0 radical (unpaired) electrons. The lowest BCUT2D eigenvalue weighted by molar-refractivity contribution is 0.232. The molecule has 2 heterocycles. The molecule has 1 saturated heterocycles. The Balaban J connectivity index is 0.00000242. The zero-order valence-corrected chi connectivity index (χ0v) is 16.0. The Kier molecular flexibility index (Phi) is 9.38. The SMILES string of the molecule is CN=C(NCCN1CCCCC1)NCc1cccc(C)n1.I. The van der Waals surface area contributed by atoms with E-state index in [1.807, 2.05) is 25.1 Å². The van der Waals surface area contributed by atoms with Crippen molar-refractivity contribution in [1.82, 2.24) is 20.5 Å². The Morgan fingerprint density at radius 3 is 2.68 bits per heavy atom. The Labute approximate surface area is 151 Å². The van der Waals surface area contributed by atoms with E-state index in [0.29, 0.717) is 6.54 Å². The van der Waals surface area contributed by atoms with Gasteiger partial charge in [0, 0.05) is 25.8 Å². The Morgan fingerprint density at radius 1 is 1.23 bits per heavy atom. The fourth-order valence-electron chi connectivity index (χ4n) is 2.61. The van der Waals surface area contributed by atoms with Crippen LogP contribution in [0.4, 0.5) is 0 Å². The minimum Gasteiger partial charge on any atom is -0.355 e. The van der Waals surface area contributed by atoms with Crippen LogP contribution in [0.1, 0.15) is 30.7 Å². The third-order valence-electron chi connectivity index (χ3n) is 3.78. The molecule has 5 nitrogen and oxygen atoms in total. The van der Waals surface area contributed by atoms with Gasteiger partial charge >= 0.3 is 0 Å². The van der Waals surface area contributed by atoms with Crippen LogP contribution >= 0.6 is 24.0 Å². The second kappa shape index (κ2) is 10.8. The molecule has 0 aliphatic carbocycles. The Hall–Kier alpha value is -0.890. The number of nitrogens with zero attached hydrogens (tertiary/aromatic N) is 3. The van der Waals surface area contributed by atoms with Crippen LogP contribution in [0.15, 0.2) is 23.2 Å². The molecule has 6 heteroatoms. The lowest BCUT2D eigenvalue weighted by Gasteiger charge is -2.26. The third kappa shape index (κ3) is 6.91. The fraction of sp³-hybridized carbons (Fsp3) is 0.625. The van der Waals surface area contributed by atoms with Crippen molar-refractivity contribution < 1.29 is 0 Å². The molecule has 0 bridgehead atoms. The van der Waals surface area contributed by atoms with Crippen LogP contribution in [-0.4, -0.2) is 49.1 Å². The van der Waals surface area contributed by atoms with Gasteiger partial charge in [-0.1, -0.05) is 12.5 Å². The highest BCUT2D eigenvalue weighted by atomic mass is 127. The topological polar surface area (TPSA) is 52.6 Å². The lowest BCUT2D eigenvalue weighted by Crippen LogP contribution is -2.42. The number of nitrogens with one attached hydrogen (secondary N) is 2. The average Bonchev–Trinajstić information content (AvgIpc) is 2.52. The molecule has 1 aliphatic heterocycles. The molecule has 0 atom stereocenters. The standard InChI is InChI=1S/C16H27N5.HI/c1-14-7-6-8-15(20-14)13-19-16(17-2)18-9-12-21-10-4-3-5-11-21;/h6-8H,3-5,9-13H2,1-2H3,(H2,17,18,19);1H. The third-order valence-corrected chi connectivity index (χ3v) is 3.78. The molecular weight excluding hydrogens is 389 g/mol. The summed E-state index contributed by atoms with van der Waals surface area (Å²) in [6.45, 7) is 7.20. The summed E-state index contributed by atoms with van der Waals surface area (Å²) in [5.41, 5.74) is 2.08. The van der Waals surface area contributed by atoms with E-state index in [1.54, 1.807) is 7.05 Å². The van der Waals surface area contributed by atoms with Crippen LogP contribution in [0.5, 0.6) is 0 Å². The van der Waals surface area contributed by atoms with E-state index in [4.69, 9.17) is 0 Å². The zero-order valence-electron chi connectivity index (χ0n) is 13.6. The van der Waals surface area contributed by atoms with Gasteiger partial charge in [0.25, 0.3) is 0 Å². The van der Waals surface area contributed by atoms with Crippen LogP contribution in [-0.2, 0) is 6.54 Å². The van der Waals surface area contributed by atoms with E-state index in [2.05, 4.69) is 25.5 Å². The number of aromatic nitrogens is 1.